The van der Waals surface area contributed by atoms with Gasteiger partial charge in [0.15, 0.2) is 34.9 Å². The third-order valence-electron chi connectivity index (χ3n) is 21.7. The van der Waals surface area contributed by atoms with E-state index in [0.717, 1.165) is 133 Å². The van der Waals surface area contributed by atoms with Crippen LogP contribution >= 0.6 is 22.7 Å². The lowest BCUT2D eigenvalue weighted by molar-refractivity contribution is 1.07. The summed E-state index contributed by atoms with van der Waals surface area (Å²) >= 11 is 3.60. The molecule has 0 aliphatic carbocycles. The third-order valence-corrected chi connectivity index (χ3v) is 24.0. The second-order valence-electron chi connectivity index (χ2n) is 29.0. The van der Waals surface area contributed by atoms with E-state index in [0.29, 0.717) is 34.9 Å². The Bertz CT molecular complexity index is 7060. The third kappa shape index (κ3) is 13.9. The second-order valence-corrected chi connectivity index (χ2v) is 31.1. The van der Waals surface area contributed by atoms with Crippen molar-refractivity contribution in [2.45, 2.75) is 0 Å². The molecule has 10 nitrogen and oxygen atoms in total. The maximum Gasteiger partial charge on any atom is 0.164 e. The number of aromatic nitrogens is 10. The van der Waals surface area contributed by atoms with Gasteiger partial charge in [-0.05, 0) is 115 Å². The Hall–Kier alpha value is -15.3. The van der Waals surface area contributed by atoms with Crippen LogP contribution in [-0.2, 0) is 0 Å². The van der Waals surface area contributed by atoms with Crippen LogP contribution in [-0.4, -0.2) is 49.8 Å². The van der Waals surface area contributed by atoms with E-state index < -0.39 is 0 Å². The summed E-state index contributed by atoms with van der Waals surface area (Å²) in [6, 6.07) is 131. The van der Waals surface area contributed by atoms with Gasteiger partial charge in [0, 0.05) is 105 Å². The molecule has 0 saturated heterocycles. The van der Waals surface area contributed by atoms with E-state index in [2.05, 4.69) is 307 Å². The fourth-order valence-corrected chi connectivity index (χ4v) is 18.2. The summed E-state index contributed by atoms with van der Waals surface area (Å²) in [5, 5.41) is 7.18. The number of benzene rings is 14. The molecule has 14 aromatic carbocycles. The Morgan fingerprint density at radius 1 is 0.169 bits per heavy atom. The first kappa shape index (κ1) is 70.5. The molecule has 22 aromatic rings. The molecule has 0 aliphatic rings. The zero-order valence-corrected chi connectivity index (χ0v) is 65.0. The van der Waals surface area contributed by atoms with Crippen LogP contribution in [0.1, 0.15) is 0 Å². The van der Waals surface area contributed by atoms with Crippen LogP contribution in [0.2, 0.25) is 0 Å². The van der Waals surface area contributed by atoms with E-state index in [-0.39, 0.29) is 0 Å². The zero-order chi connectivity index (χ0) is 78.2. The monoisotopic (exact) mass is 1540 g/mol. The lowest BCUT2D eigenvalue weighted by atomic mass is 9.97. The van der Waals surface area contributed by atoms with Gasteiger partial charge in [-0.25, -0.2) is 39.9 Å². The van der Waals surface area contributed by atoms with Gasteiger partial charge in [0.1, 0.15) is 0 Å². The van der Waals surface area contributed by atoms with E-state index >= 15 is 0 Å². The predicted octanol–water partition coefficient (Wildman–Crippen LogP) is 27.7. The van der Waals surface area contributed by atoms with Gasteiger partial charge in [0.05, 0.1) is 38.0 Å². The number of thiophene rings is 2. The number of hydrogen-bond donors (Lipinski definition) is 0. The first-order chi connectivity index (χ1) is 58.4. The fraction of sp³-hybridized carbons (Fsp3) is 0. The number of hydrogen-bond acceptors (Lipinski definition) is 12. The summed E-state index contributed by atoms with van der Waals surface area (Å²) in [4.78, 5) is 49.3. The standard InChI is InChI=1S/2C53H33N5S/c1-3-11-34(12-4-1)35-25-27-39(28-26-35)52-56-51(38-13-5-2-6-14-38)57-53(58-52)43-18-10-16-41(32-43)37-23-21-36(22-24-37)40-15-9-17-42(31-40)49-50-48(44-29-30-54-33-46(44)55-49)45-19-7-8-20-47(45)59-50;1-3-11-34(12-4-1)35-25-27-39(28-26-35)52-56-51(38-13-5-2-6-14-38)57-53(58-52)43-18-10-16-41(32-43)37-23-21-36(22-24-37)40-15-9-17-42(31-40)49-50-48(44-19-7-8-20-47(44)59-50)45-33-54-30-29-46(45)55-49/h2*1-33H. The van der Waals surface area contributed by atoms with Crippen molar-refractivity contribution in [1.29, 1.82) is 0 Å². The molecule has 0 bridgehead atoms. The molecule has 0 radical (unpaired) electrons. The van der Waals surface area contributed by atoms with E-state index in [1.54, 1.807) is 22.7 Å². The Kier molecular flexibility index (Phi) is 18.4. The number of pyridine rings is 4. The Labute approximate surface area is 688 Å². The van der Waals surface area contributed by atoms with Gasteiger partial charge in [0.25, 0.3) is 0 Å². The summed E-state index contributed by atoms with van der Waals surface area (Å²) < 4.78 is 4.88. The molecule has 0 fully saturated rings. The molecule has 118 heavy (non-hydrogen) atoms. The minimum Gasteiger partial charge on any atom is -0.264 e. The summed E-state index contributed by atoms with van der Waals surface area (Å²) in [7, 11) is 0. The van der Waals surface area contributed by atoms with Crippen LogP contribution in [0.15, 0.2) is 401 Å². The van der Waals surface area contributed by atoms with Crippen molar-refractivity contribution in [2.75, 3.05) is 0 Å². The van der Waals surface area contributed by atoms with Crippen LogP contribution < -0.4 is 0 Å². The van der Waals surface area contributed by atoms with Crippen molar-refractivity contribution in [2.24, 2.45) is 0 Å². The van der Waals surface area contributed by atoms with Crippen LogP contribution in [0.3, 0.4) is 0 Å². The molecule has 0 atom stereocenters. The molecular formula is C106H66N10S2. The summed E-state index contributed by atoms with van der Waals surface area (Å²) in [5.74, 6) is 3.80. The predicted molar refractivity (Wildman–Crippen MR) is 488 cm³/mol. The van der Waals surface area contributed by atoms with E-state index in [4.69, 9.17) is 39.9 Å². The summed E-state index contributed by atoms with van der Waals surface area (Å²) in [6.07, 6.45) is 7.49. The van der Waals surface area contributed by atoms with Crippen molar-refractivity contribution in [1.82, 2.24) is 49.8 Å². The molecule has 12 heteroatoms. The molecule has 0 saturated carbocycles. The number of rotatable bonds is 14. The van der Waals surface area contributed by atoms with E-state index in [9.17, 15) is 0 Å². The van der Waals surface area contributed by atoms with Crippen molar-refractivity contribution >= 4 is 84.8 Å². The minimum absolute atomic E-state index is 0.627. The quantitative estimate of drug-likeness (QED) is 0.104. The Morgan fingerprint density at radius 2 is 0.441 bits per heavy atom. The lowest BCUT2D eigenvalue weighted by Gasteiger charge is -2.11. The number of nitrogens with zero attached hydrogens (tertiary/aromatic N) is 10. The average molecular weight is 1540 g/mol. The first-order valence-corrected chi connectivity index (χ1v) is 40.7. The largest absolute Gasteiger partial charge is 0.264 e. The highest BCUT2D eigenvalue weighted by Gasteiger charge is 2.22. The smallest absolute Gasteiger partial charge is 0.164 e. The van der Waals surface area contributed by atoms with Crippen LogP contribution in [0.5, 0.6) is 0 Å². The highest BCUT2D eigenvalue weighted by atomic mass is 32.1. The van der Waals surface area contributed by atoms with E-state index in [1.165, 1.54) is 51.5 Å². The second kappa shape index (κ2) is 30.9. The van der Waals surface area contributed by atoms with Gasteiger partial charge < -0.3 is 0 Å². The Balaban J connectivity index is 0.000000147. The molecule has 552 valence electrons. The van der Waals surface area contributed by atoms with Crippen molar-refractivity contribution in [3.05, 3.63) is 401 Å². The van der Waals surface area contributed by atoms with Crippen LogP contribution in [0, 0.1) is 0 Å². The summed E-state index contributed by atoms with van der Waals surface area (Å²) in [5.41, 5.74) is 25.2. The molecule has 22 rings (SSSR count). The minimum atomic E-state index is 0.627. The van der Waals surface area contributed by atoms with Crippen LogP contribution in [0.25, 0.3) is 220 Å². The van der Waals surface area contributed by atoms with Crippen molar-refractivity contribution in [3.8, 4) is 158 Å². The van der Waals surface area contributed by atoms with Gasteiger partial charge in [-0.1, -0.05) is 328 Å². The molecule has 0 aliphatic heterocycles. The molecule has 0 spiro atoms. The van der Waals surface area contributed by atoms with Crippen molar-refractivity contribution < 1.29 is 0 Å². The molecular weight excluding hydrogens is 1480 g/mol. The SMILES string of the molecule is c1ccc(-c2ccc(-c3nc(-c4ccccc4)nc(-c4cccc(-c5ccc(-c6cccc(-c7nc8ccncc8c8c7sc7ccccc78)c6)cc5)c4)n3)cc2)cc1.c1ccc(-c2ccc(-c3nc(-c4ccccc4)nc(-c4cccc(-c5ccc(-c6cccc(-c7nc8cnccc8c8c7sc7ccccc78)c6)cc5)c4)n3)cc2)cc1. The normalized spacial score (nSPS) is 11.4. The maximum absolute atomic E-state index is 5.21. The van der Waals surface area contributed by atoms with Gasteiger partial charge in [0.2, 0.25) is 0 Å². The lowest BCUT2D eigenvalue weighted by Crippen LogP contribution is -2.00. The van der Waals surface area contributed by atoms with Gasteiger partial charge in [-0.3, -0.25) is 9.97 Å². The maximum atomic E-state index is 5.21. The van der Waals surface area contributed by atoms with Gasteiger partial charge >= 0.3 is 0 Å². The molecule has 0 N–H and O–H groups in total. The zero-order valence-electron chi connectivity index (χ0n) is 63.4. The van der Waals surface area contributed by atoms with Gasteiger partial charge in [-0.2, -0.15) is 0 Å². The fourth-order valence-electron chi connectivity index (χ4n) is 15.7. The highest BCUT2D eigenvalue weighted by molar-refractivity contribution is 7.27. The molecule has 0 unspecified atom stereocenters. The van der Waals surface area contributed by atoms with E-state index in [1.807, 2.05) is 104 Å². The van der Waals surface area contributed by atoms with Crippen molar-refractivity contribution in [3.63, 3.8) is 0 Å². The van der Waals surface area contributed by atoms with Crippen LogP contribution in [0.4, 0.5) is 0 Å². The highest BCUT2D eigenvalue weighted by Crippen LogP contribution is 2.46. The molecule has 8 aromatic heterocycles. The topological polar surface area (TPSA) is 129 Å². The number of fused-ring (bicyclic) bond motifs is 10. The average Bonchev–Trinajstić information content (AvgIpc) is 1.58. The molecule has 0 amide bonds. The van der Waals surface area contributed by atoms with Gasteiger partial charge in [-0.15, -0.1) is 22.7 Å². The molecule has 8 heterocycles. The Morgan fingerprint density at radius 3 is 0.847 bits per heavy atom. The first-order valence-electron chi connectivity index (χ1n) is 39.1. The summed E-state index contributed by atoms with van der Waals surface area (Å²) in [6.45, 7) is 0.